The van der Waals surface area contributed by atoms with E-state index in [1.807, 2.05) is 0 Å². The maximum Gasteiger partial charge on any atom is 0.337 e. The lowest BCUT2D eigenvalue weighted by molar-refractivity contribution is 0.0698. The Morgan fingerprint density at radius 2 is 2.00 bits per heavy atom. The summed E-state index contributed by atoms with van der Waals surface area (Å²) >= 11 is 0. The van der Waals surface area contributed by atoms with Gasteiger partial charge in [-0.3, -0.25) is 9.71 Å². The summed E-state index contributed by atoms with van der Waals surface area (Å²) in [6.45, 7) is 1.68. The third kappa shape index (κ3) is 3.34. The molecule has 1 heterocycles. The second-order valence-electron chi connectivity index (χ2n) is 4.30. The largest absolute Gasteiger partial charge is 0.478 e. The molecule has 0 saturated heterocycles. The Hall–Kier alpha value is -2.48. The number of nitrogens with one attached hydrogen (secondary N) is 1. The van der Waals surface area contributed by atoms with E-state index in [2.05, 4.69) is 9.71 Å². The fraction of sp³-hybridized carbons (Fsp3) is 0.0769. The highest BCUT2D eigenvalue weighted by Crippen LogP contribution is 2.21. The van der Waals surface area contributed by atoms with Crippen LogP contribution in [0.2, 0.25) is 0 Å². The number of aryl methyl sites for hydroxylation is 1. The summed E-state index contributed by atoms with van der Waals surface area (Å²) in [5.74, 6) is -2.07. The summed E-state index contributed by atoms with van der Waals surface area (Å²) in [5, 5.41) is 9.09. The normalized spacial score (nSPS) is 11.1. The smallest absolute Gasteiger partial charge is 0.337 e. The summed E-state index contributed by atoms with van der Waals surface area (Å²) in [7, 11) is -4.12. The van der Waals surface area contributed by atoms with E-state index in [0.29, 0.717) is 5.56 Å². The number of benzene rings is 1. The number of anilines is 1. The van der Waals surface area contributed by atoms with E-state index in [9.17, 15) is 17.6 Å². The second-order valence-corrected chi connectivity index (χ2v) is 5.98. The third-order valence-electron chi connectivity index (χ3n) is 2.64. The molecule has 0 amide bonds. The van der Waals surface area contributed by atoms with E-state index >= 15 is 0 Å². The number of carboxylic acids is 1. The molecule has 0 bridgehead atoms. The van der Waals surface area contributed by atoms with Crippen molar-refractivity contribution in [2.45, 2.75) is 11.8 Å². The zero-order valence-corrected chi connectivity index (χ0v) is 11.7. The van der Waals surface area contributed by atoms with E-state index < -0.39 is 21.8 Å². The molecule has 0 radical (unpaired) electrons. The molecule has 1 aromatic heterocycles. The first-order chi connectivity index (χ1) is 9.79. The Kier molecular flexibility index (Phi) is 3.90. The van der Waals surface area contributed by atoms with Crippen LogP contribution in [-0.2, 0) is 10.0 Å². The average Bonchev–Trinajstić information content (AvgIpc) is 2.40. The minimum absolute atomic E-state index is 0.0997. The molecule has 2 N–H and O–H groups in total. The predicted molar refractivity (Wildman–Crippen MR) is 73.1 cm³/mol. The Labute approximate surface area is 120 Å². The maximum atomic E-state index is 13.0. The van der Waals surface area contributed by atoms with Crippen molar-refractivity contribution >= 4 is 21.7 Å². The number of rotatable bonds is 4. The van der Waals surface area contributed by atoms with Gasteiger partial charge in [0.05, 0.1) is 17.4 Å². The zero-order valence-electron chi connectivity index (χ0n) is 10.9. The molecule has 1 aromatic carbocycles. The number of nitrogens with zero attached hydrogens (tertiary/aromatic N) is 1. The van der Waals surface area contributed by atoms with Crippen LogP contribution in [0.25, 0.3) is 0 Å². The topological polar surface area (TPSA) is 96.4 Å². The number of pyridine rings is 1. The molecule has 21 heavy (non-hydrogen) atoms. The predicted octanol–water partition coefficient (Wildman–Crippen LogP) is 2.03. The number of halogens is 1. The first kappa shape index (κ1) is 14.9. The average molecular weight is 310 g/mol. The Balaban J connectivity index is 2.44. The molecule has 0 fully saturated rings. The van der Waals surface area contributed by atoms with Crippen molar-refractivity contribution in [1.29, 1.82) is 0 Å². The molecule has 110 valence electrons. The number of carbonyl (C=O) groups is 1. The van der Waals surface area contributed by atoms with Crippen molar-refractivity contribution in [2.75, 3.05) is 4.72 Å². The van der Waals surface area contributed by atoms with Gasteiger partial charge in [-0.25, -0.2) is 17.6 Å². The van der Waals surface area contributed by atoms with Crippen LogP contribution in [0.5, 0.6) is 0 Å². The van der Waals surface area contributed by atoms with Gasteiger partial charge in [-0.2, -0.15) is 0 Å². The summed E-state index contributed by atoms with van der Waals surface area (Å²) < 4.78 is 39.4. The Morgan fingerprint density at radius 1 is 1.29 bits per heavy atom. The molecule has 0 spiro atoms. The summed E-state index contributed by atoms with van der Waals surface area (Å²) in [6, 6.07) is 5.03. The first-order valence-corrected chi connectivity index (χ1v) is 7.25. The van der Waals surface area contributed by atoms with Crippen LogP contribution in [0.4, 0.5) is 10.1 Å². The van der Waals surface area contributed by atoms with Gasteiger partial charge in [0.25, 0.3) is 10.0 Å². The maximum absolute atomic E-state index is 13.0. The number of hydrogen-bond acceptors (Lipinski definition) is 4. The van der Waals surface area contributed by atoms with Gasteiger partial charge in [0, 0.05) is 6.20 Å². The van der Waals surface area contributed by atoms with Crippen LogP contribution in [0.3, 0.4) is 0 Å². The fourth-order valence-electron chi connectivity index (χ4n) is 1.67. The quantitative estimate of drug-likeness (QED) is 0.900. The zero-order chi connectivity index (χ0) is 15.6. The highest BCUT2D eigenvalue weighted by Gasteiger charge is 2.19. The second kappa shape index (κ2) is 5.49. The fourth-order valence-corrected chi connectivity index (χ4v) is 2.72. The van der Waals surface area contributed by atoms with Crippen molar-refractivity contribution in [3.8, 4) is 0 Å². The van der Waals surface area contributed by atoms with Gasteiger partial charge >= 0.3 is 5.97 Å². The Morgan fingerprint density at radius 3 is 2.62 bits per heavy atom. The van der Waals surface area contributed by atoms with Crippen molar-refractivity contribution in [3.05, 3.63) is 53.6 Å². The SMILES string of the molecule is Cc1ccc(NS(=O)(=O)c2cncc(F)c2)c(C(=O)O)c1. The number of sulfonamides is 1. The van der Waals surface area contributed by atoms with Gasteiger partial charge in [0.15, 0.2) is 0 Å². The van der Waals surface area contributed by atoms with Crippen LogP contribution in [-0.4, -0.2) is 24.5 Å². The van der Waals surface area contributed by atoms with Crippen molar-refractivity contribution in [3.63, 3.8) is 0 Å². The molecule has 6 nitrogen and oxygen atoms in total. The van der Waals surface area contributed by atoms with E-state index in [1.54, 1.807) is 13.0 Å². The number of hydrogen-bond donors (Lipinski definition) is 2. The van der Waals surface area contributed by atoms with Gasteiger partial charge in [-0.05, 0) is 25.1 Å². The van der Waals surface area contributed by atoms with E-state index in [0.717, 1.165) is 18.5 Å². The lowest BCUT2D eigenvalue weighted by Gasteiger charge is -2.11. The molecule has 0 aliphatic rings. The van der Waals surface area contributed by atoms with E-state index in [-0.39, 0.29) is 16.1 Å². The van der Waals surface area contributed by atoms with Crippen molar-refractivity contribution in [1.82, 2.24) is 4.98 Å². The lowest BCUT2D eigenvalue weighted by Crippen LogP contribution is -2.16. The standard InChI is InChI=1S/C13H11FN2O4S/c1-8-2-3-12(11(4-8)13(17)18)16-21(19,20)10-5-9(14)6-15-7-10/h2-7,16H,1H3,(H,17,18). The number of aromatic nitrogens is 1. The van der Waals surface area contributed by atoms with E-state index in [4.69, 9.17) is 5.11 Å². The van der Waals surface area contributed by atoms with Crippen LogP contribution in [0.1, 0.15) is 15.9 Å². The van der Waals surface area contributed by atoms with Crippen LogP contribution in [0.15, 0.2) is 41.6 Å². The van der Waals surface area contributed by atoms with Crippen molar-refractivity contribution in [2.24, 2.45) is 0 Å². The molecular formula is C13H11FN2O4S. The van der Waals surface area contributed by atoms with Crippen LogP contribution in [0, 0.1) is 12.7 Å². The summed E-state index contributed by atoms with van der Waals surface area (Å²) in [5.41, 5.74) is 0.378. The molecular weight excluding hydrogens is 299 g/mol. The summed E-state index contributed by atoms with van der Waals surface area (Å²) in [4.78, 5) is 14.2. The lowest BCUT2D eigenvalue weighted by atomic mass is 10.1. The molecule has 0 atom stereocenters. The molecule has 2 aromatic rings. The third-order valence-corrected chi connectivity index (χ3v) is 3.97. The van der Waals surface area contributed by atoms with Gasteiger partial charge < -0.3 is 5.11 Å². The minimum atomic E-state index is -4.12. The van der Waals surface area contributed by atoms with Gasteiger partial charge in [0.1, 0.15) is 10.7 Å². The Bertz CT molecular complexity index is 806. The highest BCUT2D eigenvalue weighted by atomic mass is 32.2. The molecule has 0 aliphatic heterocycles. The van der Waals surface area contributed by atoms with Gasteiger partial charge in [0.2, 0.25) is 0 Å². The monoisotopic (exact) mass is 310 g/mol. The number of aromatic carboxylic acids is 1. The van der Waals surface area contributed by atoms with E-state index in [1.165, 1.54) is 12.1 Å². The van der Waals surface area contributed by atoms with Gasteiger partial charge in [-0.1, -0.05) is 11.6 Å². The van der Waals surface area contributed by atoms with Crippen LogP contribution < -0.4 is 4.72 Å². The highest BCUT2D eigenvalue weighted by molar-refractivity contribution is 7.92. The van der Waals surface area contributed by atoms with Crippen LogP contribution >= 0.6 is 0 Å². The minimum Gasteiger partial charge on any atom is -0.478 e. The van der Waals surface area contributed by atoms with Gasteiger partial charge in [-0.15, -0.1) is 0 Å². The first-order valence-electron chi connectivity index (χ1n) is 5.77. The molecule has 0 aliphatic carbocycles. The molecule has 8 heteroatoms. The molecule has 0 saturated carbocycles. The molecule has 2 rings (SSSR count). The summed E-state index contributed by atoms with van der Waals surface area (Å²) in [6.07, 6.45) is 1.84. The number of carboxylic acid groups (broad SMARTS) is 1. The molecule has 0 unspecified atom stereocenters. The van der Waals surface area contributed by atoms with Crippen molar-refractivity contribution < 1.29 is 22.7 Å².